The topological polar surface area (TPSA) is 150 Å². The van der Waals surface area contributed by atoms with E-state index in [-0.39, 0.29) is 5.91 Å². The Bertz CT molecular complexity index is 1620. The Balaban J connectivity index is 0.000000360. The van der Waals surface area contributed by atoms with Crippen molar-refractivity contribution in [3.8, 4) is 16.9 Å². The lowest BCUT2D eigenvalue weighted by Gasteiger charge is -2.15. The number of carboxylic acid groups (broad SMARTS) is 2. The summed E-state index contributed by atoms with van der Waals surface area (Å²) in [5.41, 5.74) is 4.89. The van der Waals surface area contributed by atoms with Crippen molar-refractivity contribution in [2.75, 3.05) is 26.7 Å². The minimum Gasteiger partial charge on any atom is -0.497 e. The third-order valence-corrected chi connectivity index (χ3v) is 6.89. The number of carbonyl (C=O) groups is 3. The maximum atomic E-state index is 13.2. The van der Waals surface area contributed by atoms with Crippen LogP contribution in [0.2, 0.25) is 0 Å². The molecule has 11 nitrogen and oxygen atoms in total. The molecule has 1 fully saturated rings. The van der Waals surface area contributed by atoms with Gasteiger partial charge in [-0.05, 0) is 55.3 Å². The van der Waals surface area contributed by atoms with Crippen molar-refractivity contribution in [2.45, 2.75) is 38.3 Å². The number of benzene rings is 2. The van der Waals surface area contributed by atoms with Gasteiger partial charge in [-0.15, -0.1) is 0 Å². The summed E-state index contributed by atoms with van der Waals surface area (Å²) < 4.78 is 71.0. The summed E-state index contributed by atoms with van der Waals surface area (Å²) in [5, 5.41) is 25.3. The van der Waals surface area contributed by atoms with Gasteiger partial charge in [-0.25, -0.2) is 9.59 Å². The molecule has 0 bridgehead atoms. The summed E-state index contributed by atoms with van der Waals surface area (Å²) in [6.07, 6.45) is -1.91. The van der Waals surface area contributed by atoms with Gasteiger partial charge in [-0.2, -0.15) is 31.4 Å². The van der Waals surface area contributed by atoms with E-state index >= 15 is 0 Å². The number of hydrogen-bond acceptors (Lipinski definition) is 6. The first-order chi connectivity index (χ1) is 22.1. The molecule has 0 radical (unpaired) electrons. The summed E-state index contributed by atoms with van der Waals surface area (Å²) >= 11 is 0. The van der Waals surface area contributed by atoms with Gasteiger partial charge >= 0.3 is 24.3 Å². The fraction of sp³-hybridized carbons (Fsp3) is 0.333. The van der Waals surface area contributed by atoms with E-state index in [1.807, 2.05) is 48.9 Å². The Morgan fingerprint density at radius 1 is 0.936 bits per heavy atom. The summed E-state index contributed by atoms with van der Waals surface area (Å²) in [5.74, 6) is -4.80. The number of nitrogens with one attached hydrogen (secondary N) is 2. The quantitative estimate of drug-likeness (QED) is 0.184. The number of nitrogens with zero attached hydrogens (tertiary/aromatic N) is 3. The van der Waals surface area contributed by atoms with E-state index in [0.29, 0.717) is 12.1 Å². The highest BCUT2D eigenvalue weighted by Gasteiger charge is 2.38. The number of amides is 1. The first kappa shape index (κ1) is 36.4. The smallest absolute Gasteiger partial charge is 0.490 e. The van der Waals surface area contributed by atoms with Crippen LogP contribution in [0.25, 0.3) is 22.0 Å². The highest BCUT2D eigenvalue weighted by atomic mass is 19.4. The van der Waals surface area contributed by atoms with Crippen LogP contribution in [-0.2, 0) is 22.7 Å². The molecule has 5 rings (SSSR count). The largest absolute Gasteiger partial charge is 0.497 e. The standard InChI is InChI=1S/C26H29N5O2.2C2HF3O2/c1-33-22-6-4-5-19(13-22)15-27-26(32)24-18-31(12-11-30-9-2-3-10-30)25-14-20(7-8-23(24)25)21-16-28-29-17-21;2*3-2(4,5)1(6)7/h4-8,13-14,16-18H,2-3,9-12,15H2,1H3,(H,27,32)(H,28,29);2*(H,6,7). The Morgan fingerprint density at radius 2 is 1.57 bits per heavy atom. The molecule has 17 heteroatoms. The molecule has 47 heavy (non-hydrogen) atoms. The number of carbonyl (C=O) groups excluding carboxylic acids is 1. The molecule has 4 aromatic rings. The van der Waals surface area contributed by atoms with Crippen molar-refractivity contribution >= 4 is 28.7 Å². The Morgan fingerprint density at radius 3 is 2.13 bits per heavy atom. The molecule has 1 amide bonds. The molecule has 0 saturated carbocycles. The van der Waals surface area contributed by atoms with Crippen LogP contribution in [0.15, 0.2) is 61.1 Å². The van der Waals surface area contributed by atoms with Crippen molar-refractivity contribution in [3.05, 3.63) is 72.2 Å². The zero-order valence-corrected chi connectivity index (χ0v) is 24.9. The lowest BCUT2D eigenvalue weighted by Crippen LogP contribution is -2.24. The van der Waals surface area contributed by atoms with Crippen LogP contribution >= 0.6 is 0 Å². The zero-order valence-electron chi connectivity index (χ0n) is 24.9. The molecular formula is C30H31F6N5O6. The number of H-pyrrole nitrogens is 1. The van der Waals surface area contributed by atoms with Crippen molar-refractivity contribution in [1.29, 1.82) is 0 Å². The van der Waals surface area contributed by atoms with E-state index in [4.69, 9.17) is 24.5 Å². The second kappa shape index (κ2) is 16.0. The number of carboxylic acids is 2. The van der Waals surface area contributed by atoms with Gasteiger partial charge in [0.05, 0.1) is 18.9 Å². The van der Waals surface area contributed by atoms with Crippen LogP contribution < -0.4 is 10.1 Å². The molecule has 4 N–H and O–H groups in total. The second-order valence-corrected chi connectivity index (χ2v) is 10.1. The molecule has 0 aliphatic carbocycles. The minimum absolute atomic E-state index is 0.0706. The van der Waals surface area contributed by atoms with E-state index in [1.54, 1.807) is 7.11 Å². The highest BCUT2D eigenvalue weighted by Crippen LogP contribution is 2.28. The van der Waals surface area contributed by atoms with Crippen LogP contribution in [0.4, 0.5) is 26.3 Å². The molecule has 2 aromatic heterocycles. The van der Waals surface area contributed by atoms with Crippen LogP contribution in [-0.4, -0.2) is 86.8 Å². The van der Waals surface area contributed by atoms with Crippen LogP contribution in [0.1, 0.15) is 28.8 Å². The number of alkyl halides is 6. The summed E-state index contributed by atoms with van der Waals surface area (Å²) in [6, 6.07) is 14.0. The van der Waals surface area contributed by atoms with Crippen molar-refractivity contribution in [1.82, 2.24) is 25.0 Å². The van der Waals surface area contributed by atoms with Gasteiger partial charge in [-0.3, -0.25) is 9.89 Å². The fourth-order valence-corrected chi connectivity index (χ4v) is 4.56. The van der Waals surface area contributed by atoms with Gasteiger partial charge in [0.25, 0.3) is 5.91 Å². The van der Waals surface area contributed by atoms with Crippen LogP contribution in [0, 0.1) is 0 Å². The van der Waals surface area contributed by atoms with Gasteiger partial charge in [0.15, 0.2) is 0 Å². The average molecular weight is 672 g/mol. The van der Waals surface area contributed by atoms with Gasteiger partial charge in [0, 0.05) is 48.5 Å². The van der Waals surface area contributed by atoms with Crippen molar-refractivity contribution < 1.29 is 55.7 Å². The zero-order chi connectivity index (χ0) is 34.8. The molecule has 1 saturated heterocycles. The lowest BCUT2D eigenvalue weighted by molar-refractivity contribution is -0.193. The number of fused-ring (bicyclic) bond motifs is 1. The average Bonchev–Trinajstić information content (AvgIpc) is 3.80. The maximum absolute atomic E-state index is 13.2. The van der Waals surface area contributed by atoms with E-state index in [9.17, 15) is 31.1 Å². The molecule has 1 aliphatic heterocycles. The molecule has 254 valence electrons. The predicted molar refractivity (Wildman–Crippen MR) is 157 cm³/mol. The molecule has 2 aromatic carbocycles. The number of hydrogen-bond donors (Lipinski definition) is 4. The predicted octanol–water partition coefficient (Wildman–Crippen LogP) is 5.33. The molecule has 0 atom stereocenters. The van der Waals surface area contributed by atoms with Gasteiger partial charge in [-0.1, -0.05) is 24.3 Å². The first-order valence-electron chi connectivity index (χ1n) is 14.0. The van der Waals surface area contributed by atoms with Crippen LogP contribution in [0.3, 0.4) is 0 Å². The van der Waals surface area contributed by atoms with E-state index in [1.165, 1.54) is 12.8 Å². The Labute approximate surface area is 263 Å². The number of aliphatic carboxylic acids is 2. The number of rotatable bonds is 8. The number of aromatic nitrogens is 3. The first-order valence-corrected chi connectivity index (χ1v) is 14.0. The SMILES string of the molecule is COc1cccc(CNC(=O)c2cn(CCN3CCCC3)c3cc(-c4cn[nH]c4)ccc23)c1.O=C(O)C(F)(F)F.O=C(O)C(F)(F)F. The van der Waals surface area contributed by atoms with E-state index in [2.05, 4.69) is 37.1 Å². The number of ether oxygens (including phenoxy) is 1. The molecular weight excluding hydrogens is 640 g/mol. The van der Waals surface area contributed by atoms with Gasteiger partial charge in [0.1, 0.15) is 5.75 Å². The molecule has 0 unspecified atom stereocenters. The number of aromatic amines is 1. The Kier molecular flexibility index (Phi) is 12.4. The number of halogens is 6. The summed E-state index contributed by atoms with van der Waals surface area (Å²) in [4.78, 5) is 33.5. The fourth-order valence-electron chi connectivity index (χ4n) is 4.56. The number of likely N-dealkylation sites (tertiary alicyclic amines) is 1. The third kappa shape index (κ3) is 10.8. The Hall–Kier alpha value is -5.06. The second-order valence-electron chi connectivity index (χ2n) is 10.1. The molecule has 3 heterocycles. The van der Waals surface area contributed by atoms with E-state index < -0.39 is 24.3 Å². The maximum Gasteiger partial charge on any atom is 0.490 e. The van der Waals surface area contributed by atoms with Gasteiger partial charge < -0.3 is 29.7 Å². The number of methoxy groups -OCH3 is 1. The van der Waals surface area contributed by atoms with Crippen molar-refractivity contribution in [3.63, 3.8) is 0 Å². The minimum atomic E-state index is -5.08. The third-order valence-electron chi connectivity index (χ3n) is 6.89. The van der Waals surface area contributed by atoms with E-state index in [0.717, 1.165) is 59.5 Å². The highest BCUT2D eigenvalue weighted by molar-refractivity contribution is 6.07. The normalized spacial score (nSPS) is 13.3. The molecule has 0 spiro atoms. The summed E-state index contributed by atoms with van der Waals surface area (Å²) in [7, 11) is 1.65. The molecule has 1 aliphatic rings. The lowest BCUT2D eigenvalue weighted by atomic mass is 10.1. The van der Waals surface area contributed by atoms with Gasteiger partial charge in [0.2, 0.25) is 0 Å². The van der Waals surface area contributed by atoms with Crippen LogP contribution in [0.5, 0.6) is 5.75 Å². The monoisotopic (exact) mass is 671 g/mol. The van der Waals surface area contributed by atoms with Crippen molar-refractivity contribution in [2.24, 2.45) is 0 Å². The summed E-state index contributed by atoms with van der Waals surface area (Å²) in [6.45, 7) is 4.61.